The van der Waals surface area contributed by atoms with Crippen LogP contribution in [0.5, 0.6) is 5.75 Å². The molecule has 0 saturated heterocycles. The first kappa shape index (κ1) is 16.7. The highest BCUT2D eigenvalue weighted by Crippen LogP contribution is 2.21. The molecule has 0 radical (unpaired) electrons. The molecule has 1 N–H and O–H groups in total. The van der Waals surface area contributed by atoms with E-state index in [0.29, 0.717) is 5.75 Å². The van der Waals surface area contributed by atoms with E-state index < -0.39 is 6.10 Å². The van der Waals surface area contributed by atoms with Crippen molar-refractivity contribution >= 4 is 50.2 Å². The molecule has 0 aliphatic carbocycles. The number of hydrogen-bond acceptors (Lipinski definition) is 4. The predicted octanol–water partition coefficient (Wildman–Crippen LogP) is 4.58. The van der Waals surface area contributed by atoms with Gasteiger partial charge in [0, 0.05) is 14.7 Å². The second-order valence-corrected chi connectivity index (χ2v) is 7.03. The number of halogens is 1. The fourth-order valence-electron chi connectivity index (χ4n) is 2.14. The predicted molar refractivity (Wildman–Crippen MR) is 102 cm³/mol. The summed E-state index contributed by atoms with van der Waals surface area (Å²) in [5.41, 5.74) is 2.49. The van der Waals surface area contributed by atoms with Crippen LogP contribution in [0.25, 0.3) is 10.8 Å². The van der Waals surface area contributed by atoms with Gasteiger partial charge in [0.05, 0.1) is 6.21 Å². The van der Waals surface area contributed by atoms with Crippen molar-refractivity contribution in [2.75, 3.05) is 0 Å². The van der Waals surface area contributed by atoms with Gasteiger partial charge in [-0.1, -0.05) is 30.3 Å². The van der Waals surface area contributed by atoms with Crippen LogP contribution >= 0.6 is 27.3 Å². The van der Waals surface area contributed by atoms with Crippen LogP contribution in [0, 0.1) is 0 Å². The van der Waals surface area contributed by atoms with Crippen molar-refractivity contribution in [3.63, 3.8) is 0 Å². The minimum atomic E-state index is -0.640. The lowest BCUT2D eigenvalue weighted by Gasteiger charge is -2.13. The van der Waals surface area contributed by atoms with Crippen molar-refractivity contribution < 1.29 is 9.53 Å². The molecule has 0 unspecified atom stereocenters. The quantitative estimate of drug-likeness (QED) is 0.501. The van der Waals surface area contributed by atoms with E-state index in [4.69, 9.17) is 4.74 Å². The zero-order valence-corrected chi connectivity index (χ0v) is 15.3. The summed E-state index contributed by atoms with van der Waals surface area (Å²) in [5.74, 6) is 0.359. The topological polar surface area (TPSA) is 50.7 Å². The van der Waals surface area contributed by atoms with E-state index in [0.717, 1.165) is 20.1 Å². The SMILES string of the molecule is C[C@@H](Oc1ccc2ccccc2c1)C(=O)N/N=C\c1cc(Br)cs1. The number of hydrogen-bond donors (Lipinski definition) is 1. The van der Waals surface area contributed by atoms with Crippen LogP contribution in [-0.4, -0.2) is 18.2 Å². The molecule has 2 aromatic carbocycles. The van der Waals surface area contributed by atoms with E-state index in [-0.39, 0.29) is 5.91 Å². The monoisotopic (exact) mass is 402 g/mol. The number of carbonyl (C=O) groups is 1. The Morgan fingerprint density at radius 1 is 1.25 bits per heavy atom. The first-order chi connectivity index (χ1) is 11.6. The first-order valence-corrected chi connectivity index (χ1v) is 9.01. The van der Waals surface area contributed by atoms with Gasteiger partial charge in [-0.3, -0.25) is 4.79 Å². The summed E-state index contributed by atoms with van der Waals surface area (Å²) in [5, 5.41) is 8.11. The van der Waals surface area contributed by atoms with Crippen molar-refractivity contribution in [2.24, 2.45) is 5.10 Å². The third-order valence-electron chi connectivity index (χ3n) is 3.36. The third-order valence-corrected chi connectivity index (χ3v) is 4.99. The van der Waals surface area contributed by atoms with E-state index in [1.165, 1.54) is 11.3 Å². The Morgan fingerprint density at radius 3 is 2.79 bits per heavy atom. The molecule has 24 heavy (non-hydrogen) atoms. The summed E-state index contributed by atoms with van der Waals surface area (Å²) in [6, 6.07) is 15.7. The van der Waals surface area contributed by atoms with Gasteiger partial charge in [-0.15, -0.1) is 11.3 Å². The van der Waals surface area contributed by atoms with Crippen LogP contribution in [0.3, 0.4) is 0 Å². The van der Waals surface area contributed by atoms with Crippen molar-refractivity contribution in [3.05, 3.63) is 63.3 Å². The summed E-state index contributed by atoms with van der Waals surface area (Å²) in [6.07, 6.45) is 0.967. The number of fused-ring (bicyclic) bond motifs is 1. The van der Waals surface area contributed by atoms with E-state index in [1.54, 1.807) is 13.1 Å². The van der Waals surface area contributed by atoms with Gasteiger partial charge in [0.25, 0.3) is 5.91 Å². The number of nitrogens with one attached hydrogen (secondary N) is 1. The molecule has 3 aromatic rings. The fourth-order valence-corrected chi connectivity index (χ4v) is 3.45. The van der Waals surface area contributed by atoms with Crippen LogP contribution in [0.1, 0.15) is 11.8 Å². The van der Waals surface area contributed by atoms with Crippen molar-refractivity contribution in [1.82, 2.24) is 5.43 Å². The van der Waals surface area contributed by atoms with Crippen molar-refractivity contribution in [1.29, 1.82) is 0 Å². The number of hydrazone groups is 1. The highest BCUT2D eigenvalue weighted by molar-refractivity contribution is 9.10. The molecule has 0 spiro atoms. The summed E-state index contributed by atoms with van der Waals surface area (Å²) < 4.78 is 6.69. The summed E-state index contributed by atoms with van der Waals surface area (Å²) >= 11 is 4.91. The van der Waals surface area contributed by atoms with Gasteiger partial charge in [0.15, 0.2) is 6.10 Å². The largest absolute Gasteiger partial charge is 0.481 e. The van der Waals surface area contributed by atoms with E-state index in [9.17, 15) is 4.79 Å². The van der Waals surface area contributed by atoms with Gasteiger partial charge < -0.3 is 4.74 Å². The summed E-state index contributed by atoms with van der Waals surface area (Å²) in [6.45, 7) is 1.70. The summed E-state index contributed by atoms with van der Waals surface area (Å²) in [7, 11) is 0. The molecule has 3 rings (SSSR count). The fraction of sp³-hybridized carbons (Fsp3) is 0.111. The first-order valence-electron chi connectivity index (χ1n) is 7.34. The molecular weight excluding hydrogens is 388 g/mol. The van der Waals surface area contributed by atoms with Crippen molar-refractivity contribution in [3.8, 4) is 5.75 Å². The smallest absolute Gasteiger partial charge is 0.280 e. The Labute approximate surface area is 152 Å². The van der Waals surface area contributed by atoms with Gasteiger partial charge >= 0.3 is 0 Å². The second-order valence-electron chi connectivity index (χ2n) is 5.17. The Bertz CT molecular complexity index is 891. The van der Waals surface area contributed by atoms with Gasteiger partial charge in [0.2, 0.25) is 0 Å². The molecule has 0 aliphatic rings. The Balaban J connectivity index is 1.59. The standard InChI is InChI=1S/C18H15BrN2O2S/c1-12(18(22)21-20-10-17-9-15(19)11-24-17)23-16-7-6-13-4-2-3-5-14(13)8-16/h2-12H,1H3,(H,21,22)/b20-10-/t12-/m1/s1. The number of carbonyl (C=O) groups excluding carboxylic acids is 1. The molecular formula is C18H15BrN2O2S. The zero-order chi connectivity index (χ0) is 16.9. The zero-order valence-electron chi connectivity index (χ0n) is 12.9. The van der Waals surface area contributed by atoms with Crippen LogP contribution in [0.2, 0.25) is 0 Å². The number of rotatable bonds is 5. The van der Waals surface area contributed by atoms with E-state index in [1.807, 2.05) is 53.9 Å². The minimum absolute atomic E-state index is 0.296. The molecule has 0 fully saturated rings. The lowest BCUT2D eigenvalue weighted by atomic mass is 10.1. The van der Waals surface area contributed by atoms with Crippen LogP contribution in [0.15, 0.2) is 63.5 Å². The molecule has 6 heteroatoms. The highest BCUT2D eigenvalue weighted by atomic mass is 79.9. The maximum absolute atomic E-state index is 12.1. The molecule has 1 amide bonds. The molecule has 1 heterocycles. The van der Waals surface area contributed by atoms with Gasteiger partial charge in [-0.2, -0.15) is 5.10 Å². The Kier molecular flexibility index (Phi) is 5.27. The molecule has 1 atom stereocenters. The van der Waals surface area contributed by atoms with Crippen LogP contribution in [0.4, 0.5) is 0 Å². The Morgan fingerprint density at radius 2 is 2.04 bits per heavy atom. The number of ether oxygens (including phenoxy) is 1. The lowest BCUT2D eigenvalue weighted by Crippen LogP contribution is -2.33. The van der Waals surface area contributed by atoms with Crippen LogP contribution < -0.4 is 10.2 Å². The van der Waals surface area contributed by atoms with Crippen LogP contribution in [-0.2, 0) is 4.79 Å². The number of amides is 1. The number of thiophene rings is 1. The van der Waals surface area contributed by atoms with Crippen molar-refractivity contribution in [2.45, 2.75) is 13.0 Å². The molecule has 0 bridgehead atoms. The number of benzene rings is 2. The Hall–Kier alpha value is -2.18. The molecule has 122 valence electrons. The second kappa shape index (κ2) is 7.59. The average molecular weight is 403 g/mol. The van der Waals surface area contributed by atoms with E-state index >= 15 is 0 Å². The molecule has 0 saturated carbocycles. The highest BCUT2D eigenvalue weighted by Gasteiger charge is 2.14. The number of nitrogens with zero attached hydrogens (tertiary/aromatic N) is 1. The summed E-state index contributed by atoms with van der Waals surface area (Å²) in [4.78, 5) is 13.0. The molecule has 4 nitrogen and oxygen atoms in total. The molecule has 1 aromatic heterocycles. The maximum atomic E-state index is 12.1. The third kappa shape index (κ3) is 4.21. The van der Waals surface area contributed by atoms with Gasteiger partial charge in [-0.25, -0.2) is 5.43 Å². The van der Waals surface area contributed by atoms with E-state index in [2.05, 4.69) is 26.5 Å². The van der Waals surface area contributed by atoms with Gasteiger partial charge in [-0.05, 0) is 51.8 Å². The average Bonchev–Trinajstić information content (AvgIpc) is 3.00. The van der Waals surface area contributed by atoms with Gasteiger partial charge in [0.1, 0.15) is 5.75 Å². The normalized spacial score (nSPS) is 12.4. The maximum Gasteiger partial charge on any atom is 0.280 e. The lowest BCUT2D eigenvalue weighted by molar-refractivity contribution is -0.127. The minimum Gasteiger partial charge on any atom is -0.481 e. The molecule has 0 aliphatic heterocycles.